The smallest absolute Gasteiger partial charge is 0.119 e. The van der Waals surface area contributed by atoms with Crippen LogP contribution in [0.2, 0.25) is 0 Å². The third-order valence-electron chi connectivity index (χ3n) is 8.45. The van der Waals surface area contributed by atoms with Crippen LogP contribution in [0.25, 0.3) is 0 Å². The van der Waals surface area contributed by atoms with E-state index in [0.29, 0.717) is 25.6 Å². The van der Waals surface area contributed by atoms with Gasteiger partial charge in [0.2, 0.25) is 0 Å². The summed E-state index contributed by atoms with van der Waals surface area (Å²) >= 11 is 0. The predicted molar refractivity (Wildman–Crippen MR) is 128 cm³/mol. The molecule has 9 nitrogen and oxygen atoms in total. The first-order chi connectivity index (χ1) is 16.3. The van der Waals surface area contributed by atoms with Crippen LogP contribution >= 0.6 is 0 Å². The molecule has 9 atom stereocenters. The lowest BCUT2D eigenvalue weighted by Gasteiger charge is -2.50. The molecule has 7 N–H and O–H groups in total. The number of nitrogens with zero attached hydrogens (tertiary/aromatic N) is 1. The third-order valence-corrected chi connectivity index (χ3v) is 8.45. The van der Waals surface area contributed by atoms with Crippen LogP contribution in [-0.2, 0) is 4.74 Å². The van der Waals surface area contributed by atoms with Crippen molar-refractivity contribution < 1.29 is 24.4 Å². The number of likely N-dealkylation sites (N-methyl/N-ethyl adjacent to an activating group) is 1. The number of likely N-dealkylation sites (tertiary alicyclic amines) is 1. The molecular formula is C24H46FN5O4. The molecule has 3 aliphatic heterocycles. The van der Waals surface area contributed by atoms with Crippen molar-refractivity contribution in [2.75, 3.05) is 26.7 Å². The Morgan fingerprint density at radius 3 is 2.59 bits per heavy atom. The topological polar surface area (TPSA) is 121 Å². The summed E-state index contributed by atoms with van der Waals surface area (Å²) in [5.74, 6) is -0.210. The summed E-state index contributed by atoms with van der Waals surface area (Å²) in [6, 6.07) is 0.886. The first-order valence-electron chi connectivity index (χ1n) is 13.3. The van der Waals surface area contributed by atoms with Gasteiger partial charge in [0, 0.05) is 43.2 Å². The lowest BCUT2D eigenvalue weighted by Crippen LogP contribution is -2.66. The van der Waals surface area contributed by atoms with E-state index in [9.17, 15) is 19.7 Å². The molecule has 1 saturated carbocycles. The number of aliphatic hydroxyl groups excluding tert-OH is 3. The van der Waals surface area contributed by atoms with Gasteiger partial charge in [0.15, 0.2) is 0 Å². The van der Waals surface area contributed by atoms with Gasteiger partial charge in [-0.05, 0) is 65.3 Å². The Kier molecular flexibility index (Phi) is 9.56. The number of halogens is 1. The quantitative estimate of drug-likeness (QED) is 0.230. The Hall–Kier alpha value is -0.430. The maximum Gasteiger partial charge on any atom is 0.119 e. The molecule has 0 spiro atoms. The van der Waals surface area contributed by atoms with E-state index in [2.05, 4.69) is 21.3 Å². The molecular weight excluding hydrogens is 441 g/mol. The molecule has 3 saturated heterocycles. The van der Waals surface area contributed by atoms with Crippen molar-refractivity contribution in [3.8, 4) is 0 Å². The first-order valence-corrected chi connectivity index (χ1v) is 13.3. The van der Waals surface area contributed by atoms with Crippen LogP contribution < -0.4 is 21.3 Å². The van der Waals surface area contributed by atoms with E-state index in [1.54, 1.807) is 6.92 Å². The SMILES string of the molecule is CC(O)NC1NC(CNC2CCC(OCC3C(F)CNC4CCC(O)N(C)C43)CC2)CCC1O. The second kappa shape index (κ2) is 12.2. The minimum atomic E-state index is -0.958. The van der Waals surface area contributed by atoms with E-state index in [1.165, 1.54) is 0 Å². The molecule has 10 heteroatoms. The van der Waals surface area contributed by atoms with Gasteiger partial charge < -0.3 is 30.7 Å². The highest BCUT2D eigenvalue weighted by Crippen LogP contribution is 2.33. The molecule has 0 aromatic heterocycles. The average molecular weight is 488 g/mol. The molecule has 0 aromatic rings. The van der Waals surface area contributed by atoms with Crippen LogP contribution in [0.3, 0.4) is 0 Å². The average Bonchev–Trinajstić information content (AvgIpc) is 2.82. The molecule has 198 valence electrons. The van der Waals surface area contributed by atoms with Gasteiger partial charge in [-0.2, -0.15) is 0 Å². The summed E-state index contributed by atoms with van der Waals surface area (Å²) in [6.07, 6.45) is 4.47. The molecule has 3 heterocycles. The van der Waals surface area contributed by atoms with Gasteiger partial charge in [-0.15, -0.1) is 0 Å². The van der Waals surface area contributed by atoms with Crippen molar-refractivity contribution in [3.05, 3.63) is 0 Å². The Balaban J connectivity index is 1.17. The largest absolute Gasteiger partial charge is 0.390 e. The zero-order valence-electron chi connectivity index (χ0n) is 20.7. The van der Waals surface area contributed by atoms with Crippen molar-refractivity contribution in [1.82, 2.24) is 26.2 Å². The number of nitrogens with one attached hydrogen (secondary N) is 4. The standard InChI is InChI=1S/C24H46FN5O4/c1-14(31)28-24-21(32)9-5-16(29-24)11-26-15-3-6-17(7-4-15)34-13-18-19(25)12-27-20-8-10-22(33)30(2)23(18)20/h14-24,26-29,31-33H,3-13H2,1-2H3. The van der Waals surface area contributed by atoms with E-state index >= 15 is 0 Å². The fraction of sp³-hybridized carbons (Fsp3) is 1.00. The van der Waals surface area contributed by atoms with E-state index in [0.717, 1.165) is 51.5 Å². The van der Waals surface area contributed by atoms with Gasteiger partial charge in [0.05, 0.1) is 25.0 Å². The van der Waals surface area contributed by atoms with Crippen LogP contribution in [0.15, 0.2) is 0 Å². The number of aliphatic hydroxyl groups is 3. The Morgan fingerprint density at radius 2 is 1.85 bits per heavy atom. The molecule has 0 aromatic carbocycles. The Morgan fingerprint density at radius 1 is 1.09 bits per heavy atom. The highest BCUT2D eigenvalue weighted by Gasteiger charge is 2.46. The fourth-order valence-corrected chi connectivity index (χ4v) is 6.40. The Bertz CT molecular complexity index is 622. The van der Waals surface area contributed by atoms with Crippen LogP contribution in [0.1, 0.15) is 58.3 Å². The highest BCUT2D eigenvalue weighted by molar-refractivity contribution is 5.00. The van der Waals surface area contributed by atoms with E-state index in [1.807, 2.05) is 11.9 Å². The van der Waals surface area contributed by atoms with Gasteiger partial charge >= 0.3 is 0 Å². The van der Waals surface area contributed by atoms with Crippen LogP contribution in [0.4, 0.5) is 4.39 Å². The number of hydrogen-bond donors (Lipinski definition) is 7. The highest BCUT2D eigenvalue weighted by atomic mass is 19.1. The number of fused-ring (bicyclic) bond motifs is 1. The summed E-state index contributed by atoms with van der Waals surface area (Å²) in [6.45, 7) is 3.27. The second-order valence-corrected chi connectivity index (χ2v) is 11.0. The number of piperidine rings is 3. The summed E-state index contributed by atoms with van der Waals surface area (Å²) < 4.78 is 21.1. The maximum atomic E-state index is 14.8. The van der Waals surface area contributed by atoms with E-state index < -0.39 is 24.7 Å². The fourth-order valence-electron chi connectivity index (χ4n) is 6.40. The summed E-state index contributed by atoms with van der Waals surface area (Å²) in [7, 11) is 1.90. The maximum absolute atomic E-state index is 14.8. The lowest BCUT2D eigenvalue weighted by molar-refractivity contribution is -0.115. The van der Waals surface area contributed by atoms with Gasteiger partial charge in [-0.3, -0.25) is 15.5 Å². The van der Waals surface area contributed by atoms with Gasteiger partial charge in [0.25, 0.3) is 0 Å². The summed E-state index contributed by atoms with van der Waals surface area (Å²) in [4.78, 5) is 1.93. The summed E-state index contributed by atoms with van der Waals surface area (Å²) in [5.41, 5.74) is 0. The monoisotopic (exact) mass is 487 g/mol. The molecule has 0 bridgehead atoms. The Labute approximate surface area is 203 Å². The van der Waals surface area contributed by atoms with Crippen molar-refractivity contribution in [3.63, 3.8) is 0 Å². The normalized spacial score (nSPS) is 45.0. The van der Waals surface area contributed by atoms with Crippen LogP contribution in [0, 0.1) is 5.92 Å². The van der Waals surface area contributed by atoms with Crippen LogP contribution in [-0.4, -0.2) is 108 Å². The summed E-state index contributed by atoms with van der Waals surface area (Å²) in [5, 5.41) is 43.3. The van der Waals surface area contributed by atoms with Gasteiger partial charge in [0.1, 0.15) is 18.6 Å². The first kappa shape index (κ1) is 26.6. The van der Waals surface area contributed by atoms with Crippen LogP contribution in [0.5, 0.6) is 0 Å². The van der Waals surface area contributed by atoms with Gasteiger partial charge in [-0.25, -0.2) is 4.39 Å². The zero-order chi connectivity index (χ0) is 24.2. The van der Waals surface area contributed by atoms with Crippen molar-refractivity contribution in [1.29, 1.82) is 0 Å². The number of ether oxygens (including phenoxy) is 1. The van der Waals surface area contributed by atoms with E-state index in [-0.39, 0.29) is 36.3 Å². The van der Waals surface area contributed by atoms with Crippen molar-refractivity contribution >= 4 is 0 Å². The molecule has 4 rings (SSSR count). The number of hydrogen-bond acceptors (Lipinski definition) is 9. The zero-order valence-corrected chi connectivity index (χ0v) is 20.7. The predicted octanol–water partition coefficient (Wildman–Crippen LogP) is -0.391. The molecule has 0 amide bonds. The van der Waals surface area contributed by atoms with Gasteiger partial charge in [-0.1, -0.05) is 0 Å². The lowest BCUT2D eigenvalue weighted by atomic mass is 9.80. The second-order valence-electron chi connectivity index (χ2n) is 11.0. The molecule has 4 fully saturated rings. The molecule has 9 unspecified atom stereocenters. The van der Waals surface area contributed by atoms with E-state index in [4.69, 9.17) is 4.74 Å². The minimum Gasteiger partial charge on any atom is -0.390 e. The number of rotatable bonds is 8. The molecule has 34 heavy (non-hydrogen) atoms. The van der Waals surface area contributed by atoms with Crippen molar-refractivity contribution in [2.45, 2.75) is 119 Å². The molecule has 4 aliphatic rings. The minimum absolute atomic E-state index is 0.0286. The third kappa shape index (κ3) is 6.66. The molecule has 0 radical (unpaired) electrons. The van der Waals surface area contributed by atoms with Crippen molar-refractivity contribution in [2.24, 2.45) is 5.92 Å². The molecule has 1 aliphatic carbocycles. The number of alkyl halides is 1.